The maximum absolute atomic E-state index is 5.75. The zero-order chi connectivity index (χ0) is 13.4. The van der Waals surface area contributed by atoms with Crippen molar-refractivity contribution in [2.24, 2.45) is 0 Å². The molecule has 0 spiro atoms. The van der Waals surface area contributed by atoms with Crippen molar-refractivity contribution >= 4 is 17.5 Å². The van der Waals surface area contributed by atoms with Gasteiger partial charge in [-0.1, -0.05) is 6.92 Å². The van der Waals surface area contributed by atoms with Crippen molar-refractivity contribution < 1.29 is 4.74 Å². The summed E-state index contributed by atoms with van der Waals surface area (Å²) in [5, 5.41) is 0. The highest BCUT2D eigenvalue weighted by atomic mass is 35.5. The second kappa shape index (κ2) is 8.14. The van der Waals surface area contributed by atoms with Crippen LogP contribution in [0.2, 0.25) is 0 Å². The minimum absolute atomic E-state index is 0.342. The van der Waals surface area contributed by atoms with Crippen LogP contribution in [-0.4, -0.2) is 35.0 Å². The van der Waals surface area contributed by atoms with Gasteiger partial charge in [-0.15, -0.1) is 11.6 Å². The van der Waals surface area contributed by atoms with Crippen LogP contribution in [-0.2, 0) is 0 Å². The molecule has 0 saturated heterocycles. The van der Waals surface area contributed by atoms with Crippen LogP contribution in [0.25, 0.3) is 0 Å². The molecule has 1 rings (SSSR count). The second-order valence-electron chi connectivity index (χ2n) is 4.37. The van der Waals surface area contributed by atoms with Crippen molar-refractivity contribution in [2.45, 2.75) is 39.7 Å². The Morgan fingerprint density at radius 1 is 1.44 bits per heavy atom. The fourth-order valence-electron chi connectivity index (χ4n) is 1.58. The van der Waals surface area contributed by atoms with Gasteiger partial charge in [0.25, 0.3) is 0 Å². The molecule has 0 amide bonds. The molecule has 0 N–H and O–H groups in total. The van der Waals surface area contributed by atoms with E-state index in [0.29, 0.717) is 30.4 Å². The maximum Gasteiger partial charge on any atom is 0.228 e. The predicted molar refractivity (Wildman–Crippen MR) is 75.6 cm³/mol. The van der Waals surface area contributed by atoms with Crippen LogP contribution >= 0.6 is 11.6 Å². The molecule has 4 nitrogen and oxygen atoms in total. The fraction of sp³-hybridized carbons (Fsp3) is 0.692. The molecule has 1 aromatic rings. The van der Waals surface area contributed by atoms with Gasteiger partial charge in [-0.25, -0.2) is 4.98 Å². The van der Waals surface area contributed by atoms with Crippen LogP contribution in [0.15, 0.2) is 12.3 Å². The molecule has 0 aromatic carbocycles. The third kappa shape index (κ3) is 4.69. The summed E-state index contributed by atoms with van der Waals surface area (Å²) in [4.78, 5) is 10.9. The Morgan fingerprint density at radius 3 is 2.83 bits per heavy atom. The van der Waals surface area contributed by atoms with Gasteiger partial charge < -0.3 is 9.64 Å². The molecule has 0 unspecified atom stereocenters. The van der Waals surface area contributed by atoms with Gasteiger partial charge in [0.15, 0.2) is 0 Å². The summed E-state index contributed by atoms with van der Waals surface area (Å²) in [6.45, 7) is 7.86. The fourth-order valence-corrected chi connectivity index (χ4v) is 1.70. The number of aromatic nitrogens is 2. The molecule has 18 heavy (non-hydrogen) atoms. The zero-order valence-corrected chi connectivity index (χ0v) is 12.2. The number of nitrogens with zero attached hydrogens (tertiary/aromatic N) is 3. The molecule has 0 aliphatic rings. The highest BCUT2D eigenvalue weighted by Gasteiger charge is 2.13. The number of halogens is 1. The van der Waals surface area contributed by atoms with Crippen LogP contribution < -0.4 is 9.64 Å². The van der Waals surface area contributed by atoms with Crippen molar-refractivity contribution in [3.05, 3.63) is 12.3 Å². The van der Waals surface area contributed by atoms with Crippen LogP contribution in [0.4, 0.5) is 5.95 Å². The lowest BCUT2D eigenvalue weighted by molar-refractivity contribution is 0.304. The van der Waals surface area contributed by atoms with Crippen molar-refractivity contribution in [3.63, 3.8) is 0 Å². The van der Waals surface area contributed by atoms with Gasteiger partial charge in [-0.3, -0.25) is 0 Å². The van der Waals surface area contributed by atoms with Crippen LogP contribution in [0, 0.1) is 0 Å². The molecule has 0 aliphatic carbocycles. The van der Waals surface area contributed by atoms with Crippen LogP contribution in [0.5, 0.6) is 5.88 Å². The Morgan fingerprint density at radius 2 is 2.22 bits per heavy atom. The molecule has 0 fully saturated rings. The number of anilines is 1. The highest BCUT2D eigenvalue weighted by molar-refractivity contribution is 6.17. The van der Waals surface area contributed by atoms with Crippen molar-refractivity contribution in [3.8, 4) is 5.88 Å². The predicted octanol–water partition coefficient (Wildman–Crippen LogP) is 3.11. The number of hydrogen-bond donors (Lipinski definition) is 0. The molecule has 0 radical (unpaired) electrons. The van der Waals surface area contributed by atoms with Gasteiger partial charge in [-0.2, -0.15) is 4.98 Å². The first-order valence-corrected chi connectivity index (χ1v) is 7.01. The van der Waals surface area contributed by atoms with Crippen molar-refractivity contribution in [1.82, 2.24) is 9.97 Å². The minimum Gasteiger partial charge on any atom is -0.478 e. The van der Waals surface area contributed by atoms with Crippen LogP contribution in [0.1, 0.15) is 33.6 Å². The summed E-state index contributed by atoms with van der Waals surface area (Å²) < 4.78 is 5.53. The Hall–Kier alpha value is -1.03. The quantitative estimate of drug-likeness (QED) is 0.681. The standard InChI is InChI=1S/C13H22ClN3O/c1-4-10-18-12-6-8-15-13(16-12)17(11(2)3)9-5-7-14/h6,8,11H,4-5,7,9-10H2,1-3H3. The average molecular weight is 272 g/mol. The molecule has 0 atom stereocenters. The van der Waals surface area contributed by atoms with Gasteiger partial charge >= 0.3 is 0 Å². The summed E-state index contributed by atoms with van der Waals surface area (Å²) >= 11 is 5.75. The van der Waals surface area contributed by atoms with E-state index in [1.807, 2.05) is 0 Å². The molecule has 1 heterocycles. The van der Waals surface area contributed by atoms with E-state index in [1.165, 1.54) is 0 Å². The first-order valence-electron chi connectivity index (χ1n) is 6.47. The number of hydrogen-bond acceptors (Lipinski definition) is 4. The maximum atomic E-state index is 5.75. The van der Waals surface area contributed by atoms with Gasteiger partial charge in [-0.05, 0) is 26.7 Å². The SMILES string of the molecule is CCCOc1ccnc(N(CCCCl)C(C)C)n1. The molecule has 0 aliphatic heterocycles. The lowest BCUT2D eigenvalue weighted by atomic mass is 10.3. The van der Waals surface area contributed by atoms with Gasteiger partial charge in [0.2, 0.25) is 11.8 Å². The summed E-state index contributed by atoms with van der Waals surface area (Å²) in [6, 6.07) is 2.13. The van der Waals surface area contributed by atoms with E-state index in [-0.39, 0.29) is 0 Å². The third-order valence-corrected chi connectivity index (χ3v) is 2.75. The minimum atomic E-state index is 0.342. The second-order valence-corrected chi connectivity index (χ2v) is 4.75. The number of rotatable bonds is 8. The smallest absolute Gasteiger partial charge is 0.228 e. The largest absolute Gasteiger partial charge is 0.478 e. The summed E-state index contributed by atoms with van der Waals surface area (Å²) in [7, 11) is 0. The third-order valence-electron chi connectivity index (χ3n) is 2.48. The Bertz CT molecular complexity index is 347. The van der Waals surface area contributed by atoms with Crippen molar-refractivity contribution in [2.75, 3.05) is 23.9 Å². The lowest BCUT2D eigenvalue weighted by Gasteiger charge is -2.26. The summed E-state index contributed by atoms with van der Waals surface area (Å²) in [5.74, 6) is 2.00. The molecule has 5 heteroatoms. The molecular weight excluding hydrogens is 250 g/mol. The van der Waals surface area contributed by atoms with E-state index < -0.39 is 0 Å². The van der Waals surface area contributed by atoms with E-state index >= 15 is 0 Å². The van der Waals surface area contributed by atoms with Crippen LogP contribution in [0.3, 0.4) is 0 Å². The molecule has 0 bridgehead atoms. The van der Waals surface area contributed by atoms with Crippen molar-refractivity contribution in [1.29, 1.82) is 0 Å². The Kier molecular flexibility index (Phi) is 6.80. The normalized spacial score (nSPS) is 10.7. The highest BCUT2D eigenvalue weighted by Crippen LogP contribution is 2.15. The summed E-state index contributed by atoms with van der Waals surface area (Å²) in [6.07, 6.45) is 3.63. The molecule has 0 saturated carbocycles. The number of alkyl halides is 1. The Balaban J connectivity index is 2.77. The van der Waals surface area contributed by atoms with E-state index in [2.05, 4.69) is 35.6 Å². The first-order chi connectivity index (χ1) is 8.69. The first kappa shape index (κ1) is 15.0. The number of ether oxygens (including phenoxy) is 1. The Labute approximate surface area is 114 Å². The van der Waals surface area contributed by atoms with Gasteiger partial charge in [0.1, 0.15) is 0 Å². The van der Waals surface area contributed by atoms with E-state index in [0.717, 1.165) is 19.4 Å². The lowest BCUT2D eigenvalue weighted by Crippen LogP contribution is -2.33. The molecular formula is C13H22ClN3O. The van der Waals surface area contributed by atoms with E-state index in [1.54, 1.807) is 12.3 Å². The zero-order valence-electron chi connectivity index (χ0n) is 11.4. The topological polar surface area (TPSA) is 38.2 Å². The summed E-state index contributed by atoms with van der Waals surface area (Å²) in [5.41, 5.74) is 0. The van der Waals surface area contributed by atoms with Gasteiger partial charge in [0.05, 0.1) is 6.61 Å². The average Bonchev–Trinajstić information content (AvgIpc) is 2.37. The monoisotopic (exact) mass is 271 g/mol. The molecule has 102 valence electrons. The molecule has 1 aromatic heterocycles. The van der Waals surface area contributed by atoms with Gasteiger partial charge in [0, 0.05) is 30.7 Å². The van der Waals surface area contributed by atoms with E-state index in [9.17, 15) is 0 Å². The van der Waals surface area contributed by atoms with E-state index in [4.69, 9.17) is 16.3 Å².